The number of aromatic nitrogens is 2. The molecule has 20 heavy (non-hydrogen) atoms. The van der Waals surface area contributed by atoms with E-state index in [0.29, 0.717) is 12.6 Å². The standard InChI is InChI=1S/C15H28N4O/c1-15(2,3)18-6-4-14(5-7-18)16-10-13-11-17-19(12-13)8-9-20/h11-12,14,16,20H,4-10H2,1-3H3. The average molecular weight is 280 g/mol. The molecule has 1 saturated heterocycles. The summed E-state index contributed by atoms with van der Waals surface area (Å²) in [5, 5.41) is 16.7. The lowest BCUT2D eigenvalue weighted by molar-refractivity contribution is 0.0960. The highest BCUT2D eigenvalue weighted by molar-refractivity contribution is 5.03. The Hall–Kier alpha value is -0.910. The smallest absolute Gasteiger partial charge is 0.0640 e. The topological polar surface area (TPSA) is 53.3 Å². The molecule has 0 amide bonds. The highest BCUT2D eigenvalue weighted by Gasteiger charge is 2.26. The Labute approximate surface area is 122 Å². The number of likely N-dealkylation sites (tertiary alicyclic amines) is 1. The van der Waals surface area contributed by atoms with Crippen LogP contribution in [0.4, 0.5) is 0 Å². The Bertz CT molecular complexity index is 402. The first-order valence-electron chi connectivity index (χ1n) is 7.59. The van der Waals surface area contributed by atoms with Gasteiger partial charge < -0.3 is 10.4 Å². The van der Waals surface area contributed by atoms with Crippen LogP contribution in [-0.2, 0) is 13.1 Å². The van der Waals surface area contributed by atoms with Crippen LogP contribution in [-0.4, -0.2) is 51.1 Å². The lowest BCUT2D eigenvalue weighted by atomic mass is 9.98. The van der Waals surface area contributed by atoms with Crippen molar-refractivity contribution in [1.29, 1.82) is 0 Å². The molecule has 114 valence electrons. The zero-order valence-corrected chi connectivity index (χ0v) is 13.0. The third kappa shape index (κ3) is 4.30. The minimum atomic E-state index is 0.139. The molecule has 1 aliphatic heterocycles. The van der Waals surface area contributed by atoms with Crippen molar-refractivity contribution in [3.63, 3.8) is 0 Å². The molecule has 1 aliphatic rings. The molecule has 0 radical (unpaired) electrons. The van der Waals surface area contributed by atoms with E-state index in [1.54, 1.807) is 4.68 Å². The first kappa shape index (κ1) is 15.5. The van der Waals surface area contributed by atoms with Crippen LogP contribution < -0.4 is 5.32 Å². The summed E-state index contributed by atoms with van der Waals surface area (Å²) < 4.78 is 1.79. The van der Waals surface area contributed by atoms with Gasteiger partial charge >= 0.3 is 0 Å². The van der Waals surface area contributed by atoms with Gasteiger partial charge in [-0.2, -0.15) is 5.10 Å². The van der Waals surface area contributed by atoms with Crippen molar-refractivity contribution >= 4 is 0 Å². The third-order valence-corrected chi connectivity index (χ3v) is 4.05. The van der Waals surface area contributed by atoms with Crippen molar-refractivity contribution in [2.24, 2.45) is 0 Å². The van der Waals surface area contributed by atoms with Crippen molar-refractivity contribution in [2.45, 2.75) is 58.3 Å². The van der Waals surface area contributed by atoms with E-state index in [0.717, 1.165) is 6.54 Å². The number of aliphatic hydroxyl groups is 1. The Kier molecular flexibility index (Phi) is 5.18. The molecular weight excluding hydrogens is 252 g/mol. The maximum atomic E-state index is 8.87. The van der Waals surface area contributed by atoms with Crippen LogP contribution in [0.3, 0.4) is 0 Å². The summed E-state index contributed by atoms with van der Waals surface area (Å²) in [7, 11) is 0. The van der Waals surface area contributed by atoms with Gasteiger partial charge in [-0.1, -0.05) is 0 Å². The van der Waals surface area contributed by atoms with Gasteiger partial charge in [0.1, 0.15) is 0 Å². The zero-order chi connectivity index (χ0) is 14.6. The normalized spacial score (nSPS) is 18.6. The van der Waals surface area contributed by atoms with Crippen molar-refractivity contribution in [3.05, 3.63) is 18.0 Å². The summed E-state index contributed by atoms with van der Waals surface area (Å²) >= 11 is 0. The molecule has 0 aromatic carbocycles. The van der Waals surface area contributed by atoms with Crippen molar-refractivity contribution in [1.82, 2.24) is 20.0 Å². The number of nitrogens with one attached hydrogen (secondary N) is 1. The fraction of sp³-hybridized carbons (Fsp3) is 0.800. The summed E-state index contributed by atoms with van der Waals surface area (Å²) in [4.78, 5) is 2.56. The Morgan fingerprint density at radius 2 is 2.05 bits per heavy atom. The van der Waals surface area contributed by atoms with Gasteiger partial charge in [0.05, 0.1) is 19.3 Å². The molecule has 1 fully saturated rings. The summed E-state index contributed by atoms with van der Waals surface area (Å²) in [5.41, 5.74) is 1.48. The quantitative estimate of drug-likeness (QED) is 0.852. The van der Waals surface area contributed by atoms with Crippen LogP contribution in [0.15, 0.2) is 12.4 Å². The lowest BCUT2D eigenvalue weighted by Crippen LogP contribution is -2.49. The molecule has 5 heteroatoms. The molecule has 2 rings (SSSR count). The molecule has 0 saturated carbocycles. The van der Waals surface area contributed by atoms with Gasteiger partial charge in [0.15, 0.2) is 0 Å². The Morgan fingerprint density at radius 1 is 1.35 bits per heavy atom. The molecule has 2 heterocycles. The van der Waals surface area contributed by atoms with Gasteiger partial charge in [-0.3, -0.25) is 9.58 Å². The molecule has 0 bridgehead atoms. The minimum absolute atomic E-state index is 0.139. The number of rotatable bonds is 5. The fourth-order valence-corrected chi connectivity index (χ4v) is 2.74. The van der Waals surface area contributed by atoms with Gasteiger partial charge in [0, 0.05) is 43.0 Å². The van der Waals surface area contributed by atoms with Crippen molar-refractivity contribution < 1.29 is 5.11 Å². The van der Waals surface area contributed by atoms with Crippen LogP contribution in [0, 0.1) is 0 Å². The number of hydrogen-bond acceptors (Lipinski definition) is 4. The van der Waals surface area contributed by atoms with Crippen LogP contribution in [0.1, 0.15) is 39.2 Å². The maximum absolute atomic E-state index is 8.87. The average Bonchev–Trinajstić information content (AvgIpc) is 2.84. The first-order chi connectivity index (χ1) is 9.49. The molecule has 0 spiro atoms. The summed E-state index contributed by atoms with van der Waals surface area (Å²) in [6, 6.07) is 0.606. The Morgan fingerprint density at radius 3 is 2.65 bits per heavy atom. The minimum Gasteiger partial charge on any atom is -0.394 e. The second-order valence-corrected chi connectivity index (χ2v) is 6.65. The van der Waals surface area contributed by atoms with E-state index in [9.17, 15) is 0 Å². The molecule has 5 nitrogen and oxygen atoms in total. The van der Waals surface area contributed by atoms with Crippen molar-refractivity contribution in [2.75, 3.05) is 19.7 Å². The van der Waals surface area contributed by atoms with Crippen molar-refractivity contribution in [3.8, 4) is 0 Å². The van der Waals surface area contributed by atoms with Gasteiger partial charge in [-0.25, -0.2) is 0 Å². The number of piperidine rings is 1. The Balaban J connectivity index is 1.73. The van der Waals surface area contributed by atoms with Crippen LogP contribution in [0.25, 0.3) is 0 Å². The summed E-state index contributed by atoms with van der Waals surface area (Å²) in [6.07, 6.45) is 6.31. The summed E-state index contributed by atoms with van der Waals surface area (Å²) in [5.74, 6) is 0. The van der Waals surface area contributed by atoms with E-state index in [2.05, 4.69) is 36.1 Å². The van der Waals surface area contributed by atoms with E-state index in [-0.39, 0.29) is 12.1 Å². The van der Waals surface area contributed by atoms with E-state index in [1.807, 2.05) is 12.4 Å². The van der Waals surface area contributed by atoms with Gasteiger partial charge in [0.25, 0.3) is 0 Å². The summed E-state index contributed by atoms with van der Waals surface area (Å²) in [6.45, 7) is 10.8. The van der Waals surface area contributed by atoms with E-state index in [1.165, 1.54) is 31.5 Å². The highest BCUT2D eigenvalue weighted by Crippen LogP contribution is 2.20. The number of aliphatic hydroxyl groups excluding tert-OH is 1. The molecule has 1 aromatic rings. The zero-order valence-electron chi connectivity index (χ0n) is 13.0. The monoisotopic (exact) mass is 280 g/mol. The third-order valence-electron chi connectivity index (χ3n) is 4.05. The van der Waals surface area contributed by atoms with Gasteiger partial charge in [0.2, 0.25) is 0 Å². The number of nitrogens with zero attached hydrogens (tertiary/aromatic N) is 3. The predicted octanol–water partition coefficient (Wildman–Crippen LogP) is 1.23. The lowest BCUT2D eigenvalue weighted by Gasteiger charge is -2.41. The highest BCUT2D eigenvalue weighted by atomic mass is 16.3. The largest absolute Gasteiger partial charge is 0.394 e. The van der Waals surface area contributed by atoms with Gasteiger partial charge in [-0.05, 0) is 33.6 Å². The molecule has 0 unspecified atom stereocenters. The maximum Gasteiger partial charge on any atom is 0.0640 e. The van der Waals surface area contributed by atoms with E-state index in [4.69, 9.17) is 5.11 Å². The van der Waals surface area contributed by atoms with E-state index >= 15 is 0 Å². The molecule has 2 N–H and O–H groups in total. The second-order valence-electron chi connectivity index (χ2n) is 6.65. The van der Waals surface area contributed by atoms with Crippen LogP contribution in [0.5, 0.6) is 0 Å². The molecule has 0 atom stereocenters. The van der Waals surface area contributed by atoms with Crippen LogP contribution in [0.2, 0.25) is 0 Å². The SMILES string of the molecule is CC(C)(C)N1CCC(NCc2cnn(CCO)c2)CC1. The van der Waals surface area contributed by atoms with E-state index < -0.39 is 0 Å². The van der Waals surface area contributed by atoms with Gasteiger partial charge in [-0.15, -0.1) is 0 Å². The second kappa shape index (κ2) is 6.70. The predicted molar refractivity (Wildman–Crippen MR) is 80.5 cm³/mol. The first-order valence-corrected chi connectivity index (χ1v) is 7.59. The van der Waals surface area contributed by atoms with Crippen LogP contribution >= 0.6 is 0 Å². The molecular formula is C15H28N4O. The molecule has 0 aliphatic carbocycles. The fourth-order valence-electron chi connectivity index (χ4n) is 2.74. The number of hydrogen-bond donors (Lipinski definition) is 2. The molecule has 1 aromatic heterocycles.